The normalized spacial score (nSPS) is 10.9. The van der Waals surface area contributed by atoms with E-state index in [0.29, 0.717) is 10.9 Å². The van der Waals surface area contributed by atoms with Crippen molar-refractivity contribution in [2.45, 2.75) is 26.8 Å². The monoisotopic (exact) mass is 171 g/mol. The van der Waals surface area contributed by atoms with E-state index in [-0.39, 0.29) is 0 Å². The molecule has 0 N–H and O–H groups in total. The Morgan fingerprint density at radius 2 is 2.45 bits per heavy atom. The van der Waals surface area contributed by atoms with Crippen molar-refractivity contribution in [2.75, 3.05) is 0 Å². The van der Waals surface area contributed by atoms with Gasteiger partial charge in [-0.3, -0.25) is 4.68 Å². The van der Waals surface area contributed by atoms with Gasteiger partial charge in [-0.1, -0.05) is 25.4 Å². The van der Waals surface area contributed by atoms with Crippen LogP contribution in [0.25, 0.3) is 0 Å². The third kappa shape index (κ3) is 2.93. The Morgan fingerprint density at radius 3 is 2.91 bits per heavy atom. The molecule has 2 nitrogen and oxygen atoms in total. The molecule has 0 amide bonds. The highest BCUT2D eigenvalue weighted by Crippen LogP contribution is 2.06. The van der Waals surface area contributed by atoms with E-state index in [1.165, 1.54) is 0 Å². The molecule has 61 valence electrons. The van der Waals surface area contributed by atoms with Crippen LogP contribution in [0.4, 0.5) is 0 Å². The van der Waals surface area contributed by atoms with Crippen molar-refractivity contribution in [2.24, 2.45) is 5.92 Å². The lowest BCUT2D eigenvalue weighted by Gasteiger charge is -2.03. The molecule has 0 unspecified atom stereocenters. The van der Waals surface area contributed by atoms with Crippen molar-refractivity contribution in [3.05, 3.63) is 17.4 Å². The van der Waals surface area contributed by atoms with Crippen LogP contribution in [0.5, 0.6) is 0 Å². The molecule has 0 aliphatic heterocycles. The van der Waals surface area contributed by atoms with E-state index in [9.17, 15) is 0 Å². The van der Waals surface area contributed by atoms with Crippen LogP contribution in [-0.2, 0) is 6.54 Å². The van der Waals surface area contributed by atoms with E-state index in [1.54, 1.807) is 6.20 Å². The largest absolute Gasteiger partial charge is 0.271 e. The summed E-state index contributed by atoms with van der Waals surface area (Å²) in [6.07, 6.45) is 5.60. The molecule has 0 bridgehead atoms. The van der Waals surface area contributed by atoms with Gasteiger partial charge in [0.1, 0.15) is 6.20 Å². The van der Waals surface area contributed by atoms with Gasteiger partial charge in [-0.2, -0.15) is 5.10 Å². The molecule has 1 heterocycles. The molecule has 0 aliphatic carbocycles. The Morgan fingerprint density at radius 1 is 1.73 bits per heavy atom. The molecule has 1 aromatic heterocycles. The molecule has 0 spiro atoms. The van der Waals surface area contributed by atoms with Crippen molar-refractivity contribution < 1.29 is 0 Å². The van der Waals surface area contributed by atoms with Gasteiger partial charge in [0.2, 0.25) is 0 Å². The van der Waals surface area contributed by atoms with Crippen LogP contribution in [-0.4, -0.2) is 9.78 Å². The summed E-state index contributed by atoms with van der Waals surface area (Å²) >= 11 is 5.64. The predicted molar refractivity (Wildman–Crippen MR) is 45.5 cm³/mol. The van der Waals surface area contributed by atoms with E-state index >= 15 is 0 Å². The number of aryl methyl sites for hydroxylation is 1. The second-order valence-corrected chi connectivity index (χ2v) is 3.44. The maximum absolute atomic E-state index is 5.64. The lowest BCUT2D eigenvalue weighted by Crippen LogP contribution is -2.01. The van der Waals surface area contributed by atoms with Crippen molar-refractivity contribution in [3.63, 3.8) is 0 Å². The third-order valence-corrected chi connectivity index (χ3v) is 1.67. The minimum absolute atomic E-state index is 0.591. The zero-order chi connectivity index (χ0) is 8.27. The molecule has 11 heavy (non-hydrogen) atoms. The standard InChI is InChI=1S/C8H12ClN2/c1-7(2)3-4-11-6-8(9)5-10-11/h6-7H,3-4H2,1-2H3. The van der Waals surface area contributed by atoms with Crippen LogP contribution < -0.4 is 0 Å². The Labute approximate surface area is 72.2 Å². The molecule has 0 aromatic carbocycles. The molecular weight excluding hydrogens is 160 g/mol. The first-order chi connectivity index (χ1) is 5.18. The lowest BCUT2D eigenvalue weighted by molar-refractivity contribution is 0.487. The number of halogens is 1. The van der Waals surface area contributed by atoms with Crippen LogP contribution >= 0.6 is 11.6 Å². The van der Waals surface area contributed by atoms with Gasteiger partial charge in [-0.05, 0) is 12.3 Å². The Kier molecular flexibility index (Phi) is 2.94. The van der Waals surface area contributed by atoms with Crippen molar-refractivity contribution in [3.8, 4) is 0 Å². The van der Waals surface area contributed by atoms with E-state index < -0.39 is 0 Å². The van der Waals surface area contributed by atoms with E-state index in [2.05, 4.69) is 25.1 Å². The molecule has 0 atom stereocenters. The van der Waals surface area contributed by atoms with Crippen molar-refractivity contribution in [1.29, 1.82) is 0 Å². The van der Waals surface area contributed by atoms with Gasteiger partial charge in [0.05, 0.1) is 5.02 Å². The van der Waals surface area contributed by atoms with E-state index in [1.807, 2.05) is 4.68 Å². The summed E-state index contributed by atoms with van der Waals surface area (Å²) in [6, 6.07) is 0. The number of aromatic nitrogens is 2. The number of hydrogen-bond donors (Lipinski definition) is 0. The molecule has 1 rings (SSSR count). The molecule has 3 heteroatoms. The summed E-state index contributed by atoms with van der Waals surface area (Å²) in [5.41, 5.74) is 0. The molecule has 1 radical (unpaired) electrons. The Balaban J connectivity index is 2.39. The van der Waals surface area contributed by atoms with Gasteiger partial charge in [-0.25, -0.2) is 0 Å². The number of nitrogens with zero attached hydrogens (tertiary/aromatic N) is 2. The molecule has 1 aromatic rings. The molecule has 0 aliphatic rings. The lowest BCUT2D eigenvalue weighted by atomic mass is 10.1. The smallest absolute Gasteiger partial charge is 0.133 e. The van der Waals surface area contributed by atoms with Crippen LogP contribution in [0.2, 0.25) is 5.02 Å². The average molecular weight is 172 g/mol. The zero-order valence-electron chi connectivity index (χ0n) is 6.84. The summed E-state index contributed by atoms with van der Waals surface area (Å²) < 4.78 is 1.82. The van der Waals surface area contributed by atoms with E-state index in [0.717, 1.165) is 13.0 Å². The molecule has 0 saturated carbocycles. The second-order valence-electron chi connectivity index (χ2n) is 3.03. The summed E-state index contributed by atoms with van der Waals surface area (Å²) in [4.78, 5) is 0. The van der Waals surface area contributed by atoms with Crippen molar-refractivity contribution in [1.82, 2.24) is 9.78 Å². The van der Waals surface area contributed by atoms with Crippen LogP contribution in [0.3, 0.4) is 0 Å². The molecule has 0 saturated heterocycles. The van der Waals surface area contributed by atoms with Gasteiger partial charge >= 0.3 is 0 Å². The minimum atomic E-state index is 0.591. The number of rotatable bonds is 3. The first-order valence-electron chi connectivity index (χ1n) is 3.79. The maximum atomic E-state index is 5.64. The summed E-state index contributed by atoms with van der Waals surface area (Å²) in [7, 11) is 0. The summed E-state index contributed by atoms with van der Waals surface area (Å²) in [6.45, 7) is 5.31. The Hall–Kier alpha value is -0.500. The SMILES string of the molecule is CC(C)CCn1cc(Cl)[c]n1. The quantitative estimate of drug-likeness (QED) is 0.683. The zero-order valence-corrected chi connectivity index (χ0v) is 7.60. The van der Waals surface area contributed by atoms with Gasteiger partial charge in [0.25, 0.3) is 0 Å². The third-order valence-electron chi connectivity index (χ3n) is 1.48. The second kappa shape index (κ2) is 3.77. The van der Waals surface area contributed by atoms with Crippen LogP contribution in [0.15, 0.2) is 6.20 Å². The first kappa shape index (κ1) is 8.60. The fraction of sp³-hybridized carbons (Fsp3) is 0.625. The summed E-state index contributed by atoms with van der Waals surface area (Å²) in [5, 5.41) is 4.54. The van der Waals surface area contributed by atoms with Crippen LogP contribution in [0, 0.1) is 12.1 Å². The fourth-order valence-electron chi connectivity index (χ4n) is 0.806. The van der Waals surface area contributed by atoms with Crippen molar-refractivity contribution >= 4 is 11.6 Å². The van der Waals surface area contributed by atoms with E-state index in [4.69, 9.17) is 11.6 Å². The number of hydrogen-bond acceptors (Lipinski definition) is 1. The maximum Gasteiger partial charge on any atom is 0.133 e. The average Bonchev–Trinajstić information content (AvgIpc) is 2.31. The minimum Gasteiger partial charge on any atom is -0.271 e. The highest BCUT2D eigenvalue weighted by atomic mass is 35.5. The molecular formula is C8H12ClN2. The van der Waals surface area contributed by atoms with Crippen LogP contribution in [0.1, 0.15) is 20.3 Å². The van der Waals surface area contributed by atoms with Gasteiger partial charge in [-0.15, -0.1) is 0 Å². The molecule has 0 fully saturated rings. The Bertz CT molecular complexity index is 218. The fourth-order valence-corrected chi connectivity index (χ4v) is 0.956. The predicted octanol–water partition coefficient (Wildman–Crippen LogP) is 2.38. The topological polar surface area (TPSA) is 17.8 Å². The first-order valence-corrected chi connectivity index (χ1v) is 4.17. The van der Waals surface area contributed by atoms with Gasteiger partial charge in [0, 0.05) is 12.7 Å². The highest BCUT2D eigenvalue weighted by molar-refractivity contribution is 6.30. The van der Waals surface area contributed by atoms with Gasteiger partial charge < -0.3 is 0 Å². The van der Waals surface area contributed by atoms with Gasteiger partial charge in [0.15, 0.2) is 0 Å². The summed E-state index contributed by atoms with van der Waals surface area (Å²) in [5.74, 6) is 0.706. The highest BCUT2D eigenvalue weighted by Gasteiger charge is 1.97.